The van der Waals surface area contributed by atoms with E-state index in [4.69, 9.17) is 9.63 Å². The zero-order valence-corrected chi connectivity index (χ0v) is 8.03. The van der Waals surface area contributed by atoms with Crippen LogP contribution in [-0.4, -0.2) is 20.2 Å². The number of aliphatic hydroxyl groups is 1. The lowest BCUT2D eigenvalue weighted by molar-refractivity contribution is 0.277. The fourth-order valence-corrected chi connectivity index (χ4v) is 1.39. The standard InChI is InChI=1S/C9H11N3O2/c1-5-8(6(2)14-12-5)9-10-3-7(4-13)11-9/h3,13H,4H2,1-2H3,(H,10,11). The lowest BCUT2D eigenvalue weighted by Gasteiger charge is -1.93. The van der Waals surface area contributed by atoms with Crippen LogP contribution in [0.5, 0.6) is 0 Å². The van der Waals surface area contributed by atoms with Gasteiger partial charge in [0, 0.05) is 0 Å². The van der Waals surface area contributed by atoms with Crippen LogP contribution < -0.4 is 0 Å². The number of hydrogen-bond donors (Lipinski definition) is 2. The van der Waals surface area contributed by atoms with Crippen molar-refractivity contribution in [3.8, 4) is 11.4 Å². The van der Waals surface area contributed by atoms with Crippen LogP contribution in [0, 0.1) is 13.8 Å². The first-order valence-corrected chi connectivity index (χ1v) is 4.30. The smallest absolute Gasteiger partial charge is 0.144 e. The molecule has 0 radical (unpaired) electrons. The van der Waals surface area contributed by atoms with Gasteiger partial charge in [-0.3, -0.25) is 0 Å². The zero-order chi connectivity index (χ0) is 10.1. The summed E-state index contributed by atoms with van der Waals surface area (Å²) in [7, 11) is 0. The van der Waals surface area contributed by atoms with Gasteiger partial charge in [-0.1, -0.05) is 5.16 Å². The van der Waals surface area contributed by atoms with Gasteiger partial charge < -0.3 is 14.6 Å². The molecule has 5 heteroatoms. The van der Waals surface area contributed by atoms with Crippen molar-refractivity contribution in [2.45, 2.75) is 20.5 Å². The van der Waals surface area contributed by atoms with E-state index < -0.39 is 0 Å². The lowest BCUT2D eigenvalue weighted by atomic mass is 10.2. The van der Waals surface area contributed by atoms with Crippen LogP contribution >= 0.6 is 0 Å². The Hall–Kier alpha value is -1.62. The van der Waals surface area contributed by atoms with Gasteiger partial charge in [-0.25, -0.2) is 4.98 Å². The third-order valence-corrected chi connectivity index (χ3v) is 2.07. The van der Waals surface area contributed by atoms with Crippen LogP contribution in [0.2, 0.25) is 0 Å². The molecule has 2 aromatic rings. The Kier molecular flexibility index (Phi) is 2.09. The molecule has 0 atom stereocenters. The highest BCUT2D eigenvalue weighted by Gasteiger charge is 2.14. The molecule has 2 rings (SSSR count). The Labute approximate surface area is 80.8 Å². The van der Waals surface area contributed by atoms with Gasteiger partial charge in [-0.05, 0) is 13.8 Å². The van der Waals surface area contributed by atoms with Crippen molar-refractivity contribution in [3.63, 3.8) is 0 Å². The molecule has 5 nitrogen and oxygen atoms in total. The number of aryl methyl sites for hydroxylation is 2. The predicted octanol–water partition coefficient (Wildman–Crippen LogP) is 1.17. The Morgan fingerprint density at radius 2 is 2.29 bits per heavy atom. The van der Waals surface area contributed by atoms with Gasteiger partial charge in [0.2, 0.25) is 0 Å². The van der Waals surface area contributed by atoms with Gasteiger partial charge >= 0.3 is 0 Å². The molecule has 0 fully saturated rings. The molecule has 0 saturated carbocycles. The number of hydrogen-bond acceptors (Lipinski definition) is 4. The third kappa shape index (κ3) is 1.31. The first-order valence-electron chi connectivity index (χ1n) is 4.30. The molecule has 0 amide bonds. The minimum absolute atomic E-state index is 0.0453. The largest absolute Gasteiger partial charge is 0.390 e. The van der Waals surface area contributed by atoms with E-state index in [0.717, 1.165) is 17.0 Å². The number of H-pyrrole nitrogens is 1. The second-order valence-electron chi connectivity index (χ2n) is 3.11. The lowest BCUT2D eigenvalue weighted by Crippen LogP contribution is -1.85. The minimum atomic E-state index is -0.0453. The number of aliphatic hydroxyl groups excluding tert-OH is 1. The summed E-state index contributed by atoms with van der Waals surface area (Å²) in [5.74, 6) is 1.41. The summed E-state index contributed by atoms with van der Waals surface area (Å²) in [6.07, 6.45) is 1.60. The molecule has 0 aliphatic carbocycles. The average Bonchev–Trinajstić information content (AvgIpc) is 2.73. The van der Waals surface area contributed by atoms with E-state index in [-0.39, 0.29) is 6.61 Å². The van der Waals surface area contributed by atoms with Crippen LogP contribution in [0.1, 0.15) is 17.1 Å². The highest BCUT2D eigenvalue weighted by atomic mass is 16.5. The number of aromatic nitrogens is 3. The van der Waals surface area contributed by atoms with Crippen molar-refractivity contribution in [1.82, 2.24) is 15.1 Å². The summed E-state index contributed by atoms with van der Waals surface area (Å²) >= 11 is 0. The Balaban J connectivity index is 2.48. The van der Waals surface area contributed by atoms with Gasteiger partial charge in [0.15, 0.2) is 0 Å². The van der Waals surface area contributed by atoms with E-state index in [1.54, 1.807) is 6.20 Å². The number of nitrogens with one attached hydrogen (secondary N) is 1. The van der Waals surface area contributed by atoms with E-state index in [1.807, 2.05) is 13.8 Å². The molecule has 2 heterocycles. The van der Waals surface area contributed by atoms with Crippen LogP contribution in [0.25, 0.3) is 11.4 Å². The van der Waals surface area contributed by atoms with E-state index in [1.165, 1.54) is 0 Å². The fourth-order valence-electron chi connectivity index (χ4n) is 1.39. The Bertz CT molecular complexity index is 425. The topological polar surface area (TPSA) is 74.9 Å². The summed E-state index contributed by atoms with van der Waals surface area (Å²) in [4.78, 5) is 7.12. The Morgan fingerprint density at radius 1 is 1.50 bits per heavy atom. The maximum absolute atomic E-state index is 8.88. The minimum Gasteiger partial charge on any atom is -0.390 e. The number of imidazole rings is 1. The van der Waals surface area contributed by atoms with Gasteiger partial charge in [-0.2, -0.15) is 0 Å². The first kappa shape index (κ1) is 8.96. The van der Waals surface area contributed by atoms with Gasteiger partial charge in [-0.15, -0.1) is 0 Å². The molecular weight excluding hydrogens is 182 g/mol. The second-order valence-corrected chi connectivity index (χ2v) is 3.11. The molecule has 0 bridgehead atoms. The van der Waals surface area contributed by atoms with Gasteiger partial charge in [0.1, 0.15) is 11.6 Å². The molecule has 0 spiro atoms. The van der Waals surface area contributed by atoms with Crippen LogP contribution in [0.3, 0.4) is 0 Å². The zero-order valence-electron chi connectivity index (χ0n) is 8.03. The van der Waals surface area contributed by atoms with E-state index >= 15 is 0 Å². The van der Waals surface area contributed by atoms with Crippen molar-refractivity contribution in [2.75, 3.05) is 0 Å². The van der Waals surface area contributed by atoms with E-state index in [2.05, 4.69) is 15.1 Å². The second kappa shape index (κ2) is 3.26. The highest BCUT2D eigenvalue weighted by molar-refractivity contribution is 5.60. The van der Waals surface area contributed by atoms with Crippen molar-refractivity contribution in [1.29, 1.82) is 0 Å². The maximum atomic E-state index is 8.88. The normalized spacial score (nSPS) is 10.8. The number of rotatable bonds is 2. The van der Waals surface area contributed by atoms with Gasteiger partial charge in [0.05, 0.1) is 29.8 Å². The molecule has 0 aliphatic rings. The predicted molar refractivity (Wildman–Crippen MR) is 49.5 cm³/mol. The number of aromatic amines is 1. The summed E-state index contributed by atoms with van der Waals surface area (Å²) in [6, 6.07) is 0. The Morgan fingerprint density at radius 3 is 2.79 bits per heavy atom. The van der Waals surface area contributed by atoms with Crippen LogP contribution in [0.4, 0.5) is 0 Å². The molecular formula is C9H11N3O2. The first-order chi connectivity index (χ1) is 6.72. The van der Waals surface area contributed by atoms with Crippen LogP contribution in [-0.2, 0) is 6.61 Å². The SMILES string of the molecule is Cc1noc(C)c1-c1ncc(CO)[nH]1. The highest BCUT2D eigenvalue weighted by Crippen LogP contribution is 2.23. The third-order valence-electron chi connectivity index (χ3n) is 2.07. The molecule has 74 valence electrons. The molecule has 2 N–H and O–H groups in total. The summed E-state index contributed by atoms with van der Waals surface area (Å²) < 4.78 is 5.02. The maximum Gasteiger partial charge on any atom is 0.144 e. The number of nitrogens with zero attached hydrogens (tertiary/aromatic N) is 2. The van der Waals surface area contributed by atoms with Crippen molar-refractivity contribution >= 4 is 0 Å². The van der Waals surface area contributed by atoms with E-state index in [9.17, 15) is 0 Å². The van der Waals surface area contributed by atoms with E-state index in [0.29, 0.717) is 11.5 Å². The van der Waals surface area contributed by atoms with Crippen molar-refractivity contribution in [3.05, 3.63) is 23.3 Å². The molecule has 0 aliphatic heterocycles. The summed E-state index contributed by atoms with van der Waals surface area (Å²) in [6.45, 7) is 3.64. The van der Waals surface area contributed by atoms with Crippen molar-refractivity contribution < 1.29 is 9.63 Å². The average molecular weight is 193 g/mol. The quantitative estimate of drug-likeness (QED) is 0.750. The van der Waals surface area contributed by atoms with Crippen molar-refractivity contribution in [2.24, 2.45) is 0 Å². The molecule has 0 aromatic carbocycles. The molecule has 0 saturated heterocycles. The van der Waals surface area contributed by atoms with Crippen LogP contribution in [0.15, 0.2) is 10.7 Å². The van der Waals surface area contributed by atoms with Gasteiger partial charge in [0.25, 0.3) is 0 Å². The monoisotopic (exact) mass is 193 g/mol. The fraction of sp³-hybridized carbons (Fsp3) is 0.333. The molecule has 14 heavy (non-hydrogen) atoms. The molecule has 0 unspecified atom stereocenters. The summed E-state index contributed by atoms with van der Waals surface area (Å²) in [5.41, 5.74) is 2.34. The summed E-state index contributed by atoms with van der Waals surface area (Å²) in [5, 5.41) is 12.7. The molecule has 2 aromatic heterocycles.